The monoisotopic (exact) mass is 744 g/mol. The van der Waals surface area contributed by atoms with Crippen LogP contribution in [0.4, 0.5) is 15.5 Å². The number of aromatic amines is 1. The molecular formula is C43H45FN4O5Si. The summed E-state index contributed by atoms with van der Waals surface area (Å²) in [6, 6.07) is 30.3. The first-order valence-corrected chi connectivity index (χ1v) is 21.6. The minimum Gasteiger partial charge on any atom is -0.394 e. The van der Waals surface area contributed by atoms with Gasteiger partial charge < -0.3 is 34.1 Å². The lowest BCUT2D eigenvalue weighted by Gasteiger charge is -2.37. The topological polar surface area (TPSA) is 115 Å². The number of H-pyrrole nitrogens is 1. The van der Waals surface area contributed by atoms with Crippen molar-refractivity contribution in [2.45, 2.75) is 75.7 Å². The van der Waals surface area contributed by atoms with Crippen LogP contribution < -0.4 is 10.2 Å². The van der Waals surface area contributed by atoms with Crippen molar-refractivity contribution in [3.63, 3.8) is 0 Å². The number of nitrogens with one attached hydrogen (secondary N) is 2. The molecule has 4 heterocycles. The Bertz CT molecular complexity index is 2230. The second-order valence-corrected chi connectivity index (χ2v) is 19.3. The van der Waals surface area contributed by atoms with Crippen molar-refractivity contribution in [1.82, 2.24) is 9.88 Å². The lowest BCUT2D eigenvalue weighted by molar-refractivity contribution is -0.151. The van der Waals surface area contributed by atoms with Crippen LogP contribution in [-0.2, 0) is 50.7 Å². The second-order valence-electron chi connectivity index (χ2n) is 15.5. The van der Waals surface area contributed by atoms with Crippen molar-refractivity contribution < 1.29 is 28.3 Å². The summed E-state index contributed by atoms with van der Waals surface area (Å²) in [5, 5.41) is 14.3. The molecule has 5 atom stereocenters. The van der Waals surface area contributed by atoms with Gasteiger partial charge in [0.05, 0.1) is 43.8 Å². The Morgan fingerprint density at radius 1 is 0.981 bits per heavy atom. The number of para-hydroxylation sites is 2. The molecule has 3 aliphatic heterocycles. The zero-order valence-electron chi connectivity index (χ0n) is 30.7. The fourth-order valence-electron chi connectivity index (χ4n) is 9.22. The molecule has 9 nitrogen and oxygen atoms in total. The van der Waals surface area contributed by atoms with Gasteiger partial charge in [-0.2, -0.15) is 0 Å². The van der Waals surface area contributed by atoms with E-state index in [0.29, 0.717) is 29.9 Å². The third-order valence-electron chi connectivity index (χ3n) is 11.7. The fraction of sp³-hybridized carbons (Fsp3) is 0.326. The van der Waals surface area contributed by atoms with Gasteiger partial charge in [-0.25, -0.2) is 0 Å². The Kier molecular flexibility index (Phi) is 9.27. The van der Waals surface area contributed by atoms with Crippen molar-refractivity contribution >= 4 is 48.4 Å². The molecule has 0 bridgehead atoms. The SMILES string of the molecule is C[C@H]1[C@H]([Si](C)(C)F)[C@@H](CC(=O)N2Cc3ccccc3C[C@H]2CO)O[C@]12C(=O)N(Cc1ccc(NC(=O)Cc3c[nH]c4ccccc34)cc1)c1ccccc12. The maximum Gasteiger partial charge on any atom is 0.264 e. The van der Waals surface area contributed by atoms with E-state index in [-0.39, 0.29) is 43.7 Å². The van der Waals surface area contributed by atoms with E-state index in [0.717, 1.165) is 33.2 Å². The summed E-state index contributed by atoms with van der Waals surface area (Å²) in [6.45, 7) is 5.57. The molecule has 278 valence electrons. The maximum absolute atomic E-state index is 16.5. The molecule has 0 aliphatic carbocycles. The van der Waals surface area contributed by atoms with E-state index in [1.807, 2.05) is 110 Å². The Morgan fingerprint density at radius 2 is 1.69 bits per heavy atom. The largest absolute Gasteiger partial charge is 0.394 e. The predicted octanol–water partition coefficient (Wildman–Crippen LogP) is 7.01. The summed E-state index contributed by atoms with van der Waals surface area (Å²) in [4.78, 5) is 48.4. The Hall–Kier alpha value is -5.10. The van der Waals surface area contributed by atoms with Gasteiger partial charge in [0.25, 0.3) is 5.91 Å². The van der Waals surface area contributed by atoms with Crippen LogP contribution in [0, 0.1) is 5.92 Å². The molecule has 3 amide bonds. The van der Waals surface area contributed by atoms with Crippen LogP contribution in [0.5, 0.6) is 0 Å². The molecule has 8 rings (SSSR count). The van der Waals surface area contributed by atoms with Crippen molar-refractivity contribution in [3.8, 4) is 0 Å². The van der Waals surface area contributed by atoms with Gasteiger partial charge in [-0.3, -0.25) is 14.4 Å². The smallest absolute Gasteiger partial charge is 0.264 e. The first kappa shape index (κ1) is 35.9. The van der Waals surface area contributed by atoms with Crippen molar-refractivity contribution in [3.05, 3.63) is 131 Å². The molecule has 0 unspecified atom stereocenters. The highest BCUT2D eigenvalue weighted by molar-refractivity contribution is 6.72. The van der Waals surface area contributed by atoms with E-state index in [1.54, 1.807) is 22.9 Å². The number of halogens is 1. The van der Waals surface area contributed by atoms with E-state index in [1.165, 1.54) is 0 Å². The Balaban J connectivity index is 1.01. The molecule has 0 radical (unpaired) electrons. The number of aromatic nitrogens is 1. The summed E-state index contributed by atoms with van der Waals surface area (Å²) in [5.41, 5.74) is 4.82. The zero-order chi connectivity index (χ0) is 37.8. The van der Waals surface area contributed by atoms with Gasteiger partial charge in [-0.05, 0) is 66.0 Å². The van der Waals surface area contributed by atoms with Gasteiger partial charge in [0.15, 0.2) is 5.60 Å². The molecule has 1 saturated heterocycles. The molecule has 0 saturated carbocycles. The van der Waals surface area contributed by atoms with E-state index in [2.05, 4.69) is 10.3 Å². The third kappa shape index (κ3) is 6.23. The number of anilines is 2. The Labute approximate surface area is 315 Å². The van der Waals surface area contributed by atoms with Gasteiger partial charge in [0.2, 0.25) is 20.2 Å². The first-order valence-electron chi connectivity index (χ1n) is 18.7. The molecule has 4 aromatic carbocycles. The summed E-state index contributed by atoms with van der Waals surface area (Å²) in [7, 11) is -3.50. The number of carbonyl (C=O) groups is 3. The van der Waals surface area contributed by atoms with Crippen molar-refractivity contribution in [1.29, 1.82) is 0 Å². The number of fused-ring (bicyclic) bond motifs is 4. The van der Waals surface area contributed by atoms with Crippen LogP contribution in [0.15, 0.2) is 103 Å². The highest BCUT2D eigenvalue weighted by atomic mass is 28.4. The number of aliphatic hydroxyl groups excluding tert-OH is 1. The van der Waals surface area contributed by atoms with Crippen LogP contribution >= 0.6 is 0 Å². The van der Waals surface area contributed by atoms with Crippen molar-refractivity contribution in [2.75, 3.05) is 16.8 Å². The fourth-order valence-corrected chi connectivity index (χ4v) is 11.7. The van der Waals surface area contributed by atoms with Crippen molar-refractivity contribution in [2.24, 2.45) is 5.92 Å². The van der Waals surface area contributed by atoms with Gasteiger partial charge in [0, 0.05) is 46.4 Å². The number of amides is 3. The predicted molar refractivity (Wildman–Crippen MR) is 209 cm³/mol. The number of aliphatic hydroxyl groups is 1. The second kappa shape index (κ2) is 14.0. The highest BCUT2D eigenvalue weighted by Gasteiger charge is 2.67. The van der Waals surface area contributed by atoms with Crippen LogP contribution in [0.3, 0.4) is 0 Å². The molecule has 3 N–H and O–H groups in total. The van der Waals surface area contributed by atoms with E-state index in [4.69, 9.17) is 4.74 Å². The van der Waals surface area contributed by atoms with Crippen LogP contribution in [-0.4, -0.2) is 59.9 Å². The number of ether oxygens (including phenoxy) is 1. The lowest BCUT2D eigenvalue weighted by Crippen LogP contribution is -2.48. The average Bonchev–Trinajstić information content (AvgIpc) is 3.78. The summed E-state index contributed by atoms with van der Waals surface area (Å²) < 4.78 is 23.3. The number of rotatable bonds is 9. The maximum atomic E-state index is 16.5. The quantitative estimate of drug-likeness (QED) is 0.111. The highest BCUT2D eigenvalue weighted by Crippen LogP contribution is 2.60. The molecule has 1 aromatic heterocycles. The standard InChI is InChI=1S/C43H45FN4O5Si/c1-27-41(54(2,3)44)38(22-40(51)47-25-30-11-5-4-10-29(30)20-33(47)26-49)53-43(27)35-13-7-9-15-37(35)48(42(43)52)24-28-16-18-32(19-17-28)46-39(50)21-31-23-45-36-14-8-6-12-34(31)36/h4-19,23,27,33,38,41,45,49H,20-22,24-26H2,1-3H3,(H,46,50)/t27-,33-,38+,41-,43+/m0/s1. The average molecular weight is 745 g/mol. The van der Waals surface area contributed by atoms with E-state index in [9.17, 15) is 19.5 Å². The number of nitrogens with zero attached hydrogens (tertiary/aromatic N) is 2. The first-order chi connectivity index (χ1) is 26.0. The van der Waals surface area contributed by atoms with Crippen LogP contribution in [0.2, 0.25) is 18.6 Å². The lowest BCUT2D eigenvalue weighted by atomic mass is 9.82. The molecule has 1 fully saturated rings. The van der Waals surface area contributed by atoms with E-state index < -0.39 is 37.6 Å². The van der Waals surface area contributed by atoms with Gasteiger partial charge in [-0.15, -0.1) is 0 Å². The summed E-state index contributed by atoms with van der Waals surface area (Å²) in [5.74, 6) is -1.16. The number of carbonyl (C=O) groups excluding carboxylic acids is 3. The minimum atomic E-state index is -3.50. The number of benzene rings is 4. The van der Waals surface area contributed by atoms with Gasteiger partial charge >= 0.3 is 0 Å². The Morgan fingerprint density at radius 3 is 2.44 bits per heavy atom. The van der Waals surface area contributed by atoms with Gasteiger partial charge in [0.1, 0.15) is 0 Å². The summed E-state index contributed by atoms with van der Waals surface area (Å²) >= 11 is 0. The zero-order valence-corrected chi connectivity index (χ0v) is 31.7. The molecule has 1 spiro atoms. The molecule has 3 aliphatic rings. The normalized spacial score (nSPS) is 23.5. The van der Waals surface area contributed by atoms with Crippen LogP contribution in [0.1, 0.15) is 41.2 Å². The molecular weight excluding hydrogens is 700 g/mol. The van der Waals surface area contributed by atoms with E-state index >= 15 is 4.11 Å². The van der Waals surface area contributed by atoms with Gasteiger partial charge in [-0.1, -0.05) is 79.7 Å². The molecule has 54 heavy (non-hydrogen) atoms. The van der Waals surface area contributed by atoms with Crippen LogP contribution in [0.25, 0.3) is 10.9 Å². The third-order valence-corrected chi connectivity index (χ3v) is 14.2. The minimum absolute atomic E-state index is 0.0846. The molecule has 11 heteroatoms. The number of hydrogen-bond acceptors (Lipinski definition) is 5. The molecule has 5 aromatic rings. The number of hydrogen-bond donors (Lipinski definition) is 3. The summed E-state index contributed by atoms with van der Waals surface area (Å²) in [6.07, 6.45) is 1.72.